The highest BCUT2D eigenvalue weighted by atomic mass is 19.1. The summed E-state index contributed by atoms with van der Waals surface area (Å²) in [5.41, 5.74) is 2.48. The molecule has 2 aliphatic heterocycles. The van der Waals surface area contributed by atoms with Gasteiger partial charge in [0.15, 0.2) is 7.85 Å². The standard InChI is InChI=1S/C25H23BF3N7/c26-25-32-20-3-4-22(35-13-16(28)10-21(35)18-9-15(27)1-2-19(18)29)33-24(20)23(34-25)14-11-31-36(12-14)17-5-7-30-8-6-17/h1-4,9,11-12,16-17,21,30H,5-8,10,13H2/t16-,21+/m0/s1. The molecular weight excluding hydrogens is 466 g/mol. The smallest absolute Gasteiger partial charge is 0.170 e. The summed E-state index contributed by atoms with van der Waals surface area (Å²) in [6, 6.07) is 6.27. The Morgan fingerprint density at radius 1 is 1.03 bits per heavy atom. The highest BCUT2D eigenvalue weighted by molar-refractivity contribution is 6.29. The quantitative estimate of drug-likeness (QED) is 0.445. The molecule has 182 valence electrons. The molecule has 11 heteroatoms. The topological polar surface area (TPSA) is 71.8 Å². The van der Waals surface area contributed by atoms with Crippen molar-refractivity contribution in [2.45, 2.75) is 37.5 Å². The van der Waals surface area contributed by atoms with E-state index >= 15 is 0 Å². The van der Waals surface area contributed by atoms with E-state index in [-0.39, 0.29) is 24.3 Å². The summed E-state index contributed by atoms with van der Waals surface area (Å²) in [4.78, 5) is 15.2. The molecule has 5 heterocycles. The largest absolute Gasteiger partial charge is 0.346 e. The predicted octanol–water partition coefficient (Wildman–Crippen LogP) is 3.17. The molecular formula is C25H23BF3N7. The van der Waals surface area contributed by atoms with Crippen molar-refractivity contribution in [1.82, 2.24) is 30.0 Å². The van der Waals surface area contributed by atoms with Crippen LogP contribution in [0.1, 0.15) is 36.9 Å². The molecule has 0 amide bonds. The first-order valence-corrected chi connectivity index (χ1v) is 12.0. The summed E-state index contributed by atoms with van der Waals surface area (Å²) < 4.78 is 45.0. The van der Waals surface area contributed by atoms with Crippen LogP contribution in [0, 0.1) is 11.6 Å². The van der Waals surface area contributed by atoms with Gasteiger partial charge >= 0.3 is 0 Å². The Labute approximate surface area is 207 Å². The first-order chi connectivity index (χ1) is 17.5. The molecule has 3 aromatic heterocycles. The maximum atomic E-state index is 14.6. The van der Waals surface area contributed by atoms with Crippen LogP contribution in [-0.4, -0.2) is 58.4 Å². The number of anilines is 1. The SMILES string of the molecule is [B]c1nc(-c2cnn(C3CCNCC3)c2)c2nc(N3C[C@@H](F)C[C@@H]3c3cc(F)ccc3F)ccc2n1. The number of hydrogen-bond donors (Lipinski definition) is 1. The number of piperidine rings is 1. The van der Waals surface area contributed by atoms with Crippen molar-refractivity contribution in [3.05, 3.63) is 59.9 Å². The molecule has 0 saturated carbocycles. The predicted molar refractivity (Wildman–Crippen MR) is 131 cm³/mol. The molecule has 0 unspecified atom stereocenters. The second-order valence-corrected chi connectivity index (χ2v) is 9.32. The van der Waals surface area contributed by atoms with E-state index in [2.05, 4.69) is 20.4 Å². The highest BCUT2D eigenvalue weighted by Gasteiger charge is 2.36. The lowest BCUT2D eigenvalue weighted by atomic mass is 10.0. The van der Waals surface area contributed by atoms with E-state index in [1.165, 1.54) is 0 Å². The number of fused-ring (bicyclic) bond motifs is 1. The van der Waals surface area contributed by atoms with Crippen LogP contribution < -0.4 is 15.9 Å². The Kier molecular flexibility index (Phi) is 5.87. The fraction of sp³-hybridized carbons (Fsp3) is 0.360. The number of halogens is 3. The minimum Gasteiger partial charge on any atom is -0.346 e. The Morgan fingerprint density at radius 3 is 2.69 bits per heavy atom. The van der Waals surface area contributed by atoms with Crippen molar-refractivity contribution in [3.8, 4) is 11.3 Å². The van der Waals surface area contributed by atoms with E-state index < -0.39 is 23.8 Å². The van der Waals surface area contributed by atoms with Crippen molar-refractivity contribution in [1.29, 1.82) is 0 Å². The Morgan fingerprint density at radius 2 is 1.86 bits per heavy atom. The molecule has 0 bridgehead atoms. The van der Waals surface area contributed by atoms with E-state index in [4.69, 9.17) is 12.8 Å². The average Bonchev–Trinajstić information content (AvgIpc) is 3.52. The van der Waals surface area contributed by atoms with Gasteiger partial charge in [0.05, 0.1) is 36.1 Å². The number of benzene rings is 1. The molecule has 2 fully saturated rings. The maximum Gasteiger partial charge on any atom is 0.170 e. The zero-order chi connectivity index (χ0) is 24.8. The van der Waals surface area contributed by atoms with E-state index in [0.29, 0.717) is 28.6 Å². The van der Waals surface area contributed by atoms with Crippen LogP contribution in [-0.2, 0) is 0 Å². The van der Waals surface area contributed by atoms with Gasteiger partial charge in [0.1, 0.15) is 34.8 Å². The average molecular weight is 489 g/mol. The van der Waals surface area contributed by atoms with Crippen molar-refractivity contribution in [2.24, 2.45) is 0 Å². The van der Waals surface area contributed by atoms with Crippen LogP contribution in [0.5, 0.6) is 0 Å². The first-order valence-electron chi connectivity index (χ1n) is 12.0. The zero-order valence-electron chi connectivity index (χ0n) is 19.4. The molecule has 2 radical (unpaired) electrons. The minimum absolute atomic E-state index is 0.0118. The zero-order valence-corrected chi connectivity index (χ0v) is 19.4. The lowest BCUT2D eigenvalue weighted by Crippen LogP contribution is -2.29. The number of nitrogens with one attached hydrogen (secondary N) is 1. The van der Waals surface area contributed by atoms with Gasteiger partial charge in [0, 0.05) is 23.7 Å². The maximum absolute atomic E-state index is 14.6. The van der Waals surface area contributed by atoms with E-state index in [9.17, 15) is 13.2 Å². The number of alkyl halides is 1. The molecule has 0 aliphatic carbocycles. The Bertz CT molecular complexity index is 1420. The van der Waals surface area contributed by atoms with Crippen molar-refractivity contribution in [3.63, 3.8) is 0 Å². The summed E-state index contributed by atoms with van der Waals surface area (Å²) >= 11 is 0. The van der Waals surface area contributed by atoms with Gasteiger partial charge in [-0.15, -0.1) is 0 Å². The highest BCUT2D eigenvalue weighted by Crippen LogP contribution is 2.39. The van der Waals surface area contributed by atoms with E-state index in [1.807, 2.05) is 10.9 Å². The number of pyridine rings is 1. The third-order valence-electron chi connectivity index (χ3n) is 6.96. The summed E-state index contributed by atoms with van der Waals surface area (Å²) in [5, 5.41) is 7.90. The van der Waals surface area contributed by atoms with Gasteiger partial charge in [-0.1, -0.05) is 0 Å². The third-order valence-corrected chi connectivity index (χ3v) is 6.96. The molecule has 0 spiro atoms. The lowest BCUT2D eigenvalue weighted by Gasteiger charge is -2.26. The van der Waals surface area contributed by atoms with Crippen LogP contribution >= 0.6 is 0 Å². The van der Waals surface area contributed by atoms with Crippen LogP contribution in [0.25, 0.3) is 22.3 Å². The van der Waals surface area contributed by atoms with E-state index in [1.54, 1.807) is 23.2 Å². The summed E-state index contributed by atoms with van der Waals surface area (Å²) in [6.45, 7) is 1.89. The minimum atomic E-state index is -1.21. The van der Waals surface area contributed by atoms with Crippen LogP contribution in [0.15, 0.2) is 42.7 Å². The summed E-state index contributed by atoms with van der Waals surface area (Å²) in [7, 11) is 6.00. The summed E-state index contributed by atoms with van der Waals surface area (Å²) in [6.07, 6.45) is 4.45. The second kappa shape index (κ2) is 9.20. The monoisotopic (exact) mass is 489 g/mol. The van der Waals surface area contributed by atoms with Crippen LogP contribution in [0.2, 0.25) is 0 Å². The van der Waals surface area contributed by atoms with Gasteiger partial charge in [-0.05, 0) is 56.3 Å². The summed E-state index contributed by atoms with van der Waals surface area (Å²) in [5.74, 6) is -0.725. The molecule has 1 aromatic carbocycles. The van der Waals surface area contributed by atoms with Crippen LogP contribution in [0.4, 0.5) is 19.0 Å². The van der Waals surface area contributed by atoms with Crippen LogP contribution in [0.3, 0.4) is 0 Å². The van der Waals surface area contributed by atoms with Gasteiger partial charge < -0.3 is 10.2 Å². The second-order valence-electron chi connectivity index (χ2n) is 9.32. The number of rotatable bonds is 4. The molecule has 2 aliphatic rings. The molecule has 1 N–H and O–H groups in total. The normalized spacial score (nSPS) is 20.9. The van der Waals surface area contributed by atoms with Crippen molar-refractivity contribution < 1.29 is 13.2 Å². The number of aromatic nitrogens is 5. The number of hydrogen-bond acceptors (Lipinski definition) is 6. The molecule has 6 rings (SSSR count). The molecule has 7 nitrogen and oxygen atoms in total. The third kappa shape index (κ3) is 4.21. The Balaban J connectivity index is 1.41. The van der Waals surface area contributed by atoms with Crippen molar-refractivity contribution >= 4 is 30.4 Å². The molecule has 36 heavy (non-hydrogen) atoms. The van der Waals surface area contributed by atoms with E-state index in [0.717, 1.165) is 49.7 Å². The van der Waals surface area contributed by atoms with Gasteiger partial charge in [-0.25, -0.2) is 28.1 Å². The van der Waals surface area contributed by atoms with Gasteiger partial charge in [-0.2, -0.15) is 5.10 Å². The fourth-order valence-electron chi connectivity index (χ4n) is 5.22. The van der Waals surface area contributed by atoms with Gasteiger partial charge in [0.2, 0.25) is 0 Å². The molecule has 2 saturated heterocycles. The molecule has 4 aromatic rings. The lowest BCUT2D eigenvalue weighted by molar-refractivity contribution is 0.343. The Hall–Kier alpha value is -3.47. The van der Waals surface area contributed by atoms with Gasteiger partial charge in [-0.3, -0.25) is 4.68 Å². The van der Waals surface area contributed by atoms with Crippen molar-refractivity contribution in [2.75, 3.05) is 24.5 Å². The fourth-order valence-corrected chi connectivity index (χ4v) is 5.22. The van der Waals surface area contributed by atoms with Gasteiger partial charge in [0.25, 0.3) is 0 Å². The first kappa shape index (κ1) is 23.0. The molecule has 2 atom stereocenters. The number of nitrogens with zero attached hydrogens (tertiary/aromatic N) is 6.